The lowest BCUT2D eigenvalue weighted by atomic mass is 9.70. The Labute approximate surface area is 531 Å². The lowest BCUT2D eigenvalue weighted by Gasteiger charge is -2.33. The van der Waals surface area contributed by atoms with Crippen molar-refractivity contribution in [3.05, 3.63) is 189 Å². The van der Waals surface area contributed by atoms with E-state index in [1.165, 1.54) is 0 Å². The van der Waals surface area contributed by atoms with Crippen molar-refractivity contribution in [3.8, 4) is 52.8 Å². The molecule has 0 aliphatic carbocycles. The maximum Gasteiger partial charge on any atom is 0.134 e. The van der Waals surface area contributed by atoms with Gasteiger partial charge in [0.2, 0.25) is 0 Å². The van der Waals surface area contributed by atoms with E-state index in [1.807, 2.05) is 153 Å². The molecular formula is C72H84Cl6O6. The topological polar surface area (TPSA) is 121 Å². The number of benzene rings is 6. The first-order valence-corrected chi connectivity index (χ1v) is 30.9. The fourth-order valence-electron chi connectivity index (χ4n) is 9.94. The fraction of sp³-hybridized carbons (Fsp3) is 0.417. The van der Waals surface area contributed by atoms with Gasteiger partial charge in [-0.2, -0.15) is 0 Å². The van der Waals surface area contributed by atoms with Crippen LogP contribution in [0.2, 0.25) is 30.1 Å². The predicted molar refractivity (Wildman–Crippen MR) is 355 cm³/mol. The van der Waals surface area contributed by atoms with Gasteiger partial charge in [-0.3, -0.25) is 0 Å². The maximum atomic E-state index is 10.1. The SMILES string of the molecule is CCC(CC)(c1ccc(O)c(Cl)c1)c1ccc(C#CC(O)C(C)(C)C)c(Cl)c1.CCC(CC)(c1ccc(O)c(Cl)c1)c1ccc(C#CC(O)C(C)(C)C)c(Cl)c1.CCC(CC)(c1ccc(O)c(Cl)c1)c1ccc(C#CC(O)C(C)(C)C)c(Cl)c1. The summed E-state index contributed by atoms with van der Waals surface area (Å²) in [6, 6.07) is 33.8. The van der Waals surface area contributed by atoms with Crippen LogP contribution >= 0.6 is 69.6 Å². The van der Waals surface area contributed by atoms with E-state index in [2.05, 4.69) is 77.1 Å². The third kappa shape index (κ3) is 17.4. The number of halogens is 6. The van der Waals surface area contributed by atoms with Gasteiger partial charge in [0.15, 0.2) is 0 Å². The van der Waals surface area contributed by atoms with Crippen molar-refractivity contribution in [2.75, 3.05) is 0 Å². The van der Waals surface area contributed by atoms with Gasteiger partial charge < -0.3 is 30.6 Å². The summed E-state index contributed by atoms with van der Waals surface area (Å²) in [6.07, 6.45) is 2.95. The van der Waals surface area contributed by atoms with Gasteiger partial charge in [0.1, 0.15) is 35.6 Å². The Bertz CT molecular complexity index is 3050. The normalized spacial score (nSPS) is 13.0. The van der Waals surface area contributed by atoms with Gasteiger partial charge in [0, 0.05) is 32.9 Å². The number of aromatic hydroxyl groups is 3. The molecule has 0 fully saturated rings. The molecule has 6 rings (SSSR count). The minimum atomic E-state index is -0.729. The second-order valence-electron chi connectivity index (χ2n) is 24.6. The molecule has 3 atom stereocenters. The van der Waals surface area contributed by atoms with Crippen LogP contribution in [0.15, 0.2) is 109 Å². The molecule has 3 unspecified atom stereocenters. The molecule has 0 aromatic heterocycles. The summed E-state index contributed by atoms with van der Waals surface area (Å²) < 4.78 is 0. The van der Waals surface area contributed by atoms with Gasteiger partial charge in [-0.1, -0.05) is 245 Å². The molecule has 0 bridgehead atoms. The van der Waals surface area contributed by atoms with E-state index in [0.29, 0.717) is 46.8 Å². The number of aliphatic hydroxyl groups is 3. The summed E-state index contributed by atoms with van der Waals surface area (Å²) in [5, 5.41) is 62.5. The lowest BCUT2D eigenvalue weighted by molar-refractivity contribution is 0.114. The van der Waals surface area contributed by atoms with Crippen LogP contribution in [0, 0.1) is 51.8 Å². The van der Waals surface area contributed by atoms with E-state index in [9.17, 15) is 30.6 Å². The van der Waals surface area contributed by atoms with Crippen LogP contribution in [0.3, 0.4) is 0 Å². The Morgan fingerprint density at radius 3 is 0.643 bits per heavy atom. The predicted octanol–water partition coefficient (Wildman–Crippen LogP) is 19.7. The molecule has 6 aromatic rings. The summed E-state index contributed by atoms with van der Waals surface area (Å²) in [6.45, 7) is 30.3. The first-order valence-electron chi connectivity index (χ1n) is 28.6. The third-order valence-electron chi connectivity index (χ3n) is 16.2. The highest BCUT2D eigenvalue weighted by molar-refractivity contribution is 6.33. The molecule has 6 aromatic carbocycles. The number of phenolic OH excluding ortho intramolecular Hbond substituents is 3. The van der Waals surface area contributed by atoms with Crippen molar-refractivity contribution in [1.82, 2.24) is 0 Å². The zero-order valence-electron chi connectivity index (χ0n) is 51.3. The highest BCUT2D eigenvalue weighted by Crippen LogP contribution is 2.45. The zero-order chi connectivity index (χ0) is 63.3. The minimum Gasteiger partial charge on any atom is -0.506 e. The van der Waals surface area contributed by atoms with Crippen LogP contribution < -0.4 is 0 Å². The van der Waals surface area contributed by atoms with E-state index < -0.39 is 18.3 Å². The highest BCUT2D eigenvalue weighted by atomic mass is 35.5. The zero-order valence-corrected chi connectivity index (χ0v) is 55.9. The van der Waals surface area contributed by atoms with Gasteiger partial charge in [-0.25, -0.2) is 0 Å². The highest BCUT2D eigenvalue weighted by Gasteiger charge is 2.35. The molecule has 0 heterocycles. The van der Waals surface area contributed by atoms with E-state index in [4.69, 9.17) is 69.6 Å². The Hall–Kier alpha value is -4.98. The Morgan fingerprint density at radius 1 is 0.310 bits per heavy atom. The second-order valence-corrected chi connectivity index (χ2v) is 27.0. The van der Waals surface area contributed by atoms with Crippen LogP contribution in [0.25, 0.3) is 0 Å². The monoisotopic (exact) mass is 1250 g/mol. The third-order valence-corrected chi connectivity index (χ3v) is 18.0. The van der Waals surface area contributed by atoms with E-state index in [-0.39, 0.29) is 49.7 Å². The molecule has 6 N–H and O–H groups in total. The van der Waals surface area contributed by atoms with Crippen LogP contribution in [0.1, 0.15) is 192 Å². The van der Waals surface area contributed by atoms with Crippen molar-refractivity contribution < 1.29 is 30.6 Å². The van der Waals surface area contributed by atoms with E-state index in [1.54, 1.807) is 18.2 Å². The molecule has 450 valence electrons. The molecule has 6 nitrogen and oxygen atoms in total. The number of rotatable bonds is 12. The molecule has 0 saturated carbocycles. The number of aliphatic hydroxyl groups excluding tert-OH is 3. The first kappa shape index (κ1) is 71.5. The second kappa shape index (κ2) is 30.1. The number of phenols is 3. The van der Waals surface area contributed by atoms with Crippen molar-refractivity contribution in [2.45, 2.75) is 177 Å². The van der Waals surface area contributed by atoms with Crippen molar-refractivity contribution in [1.29, 1.82) is 0 Å². The molecule has 84 heavy (non-hydrogen) atoms. The molecule has 0 saturated heterocycles. The first-order chi connectivity index (χ1) is 39.1. The van der Waals surface area contributed by atoms with Crippen molar-refractivity contribution in [2.24, 2.45) is 16.2 Å². The van der Waals surface area contributed by atoms with Gasteiger partial charge in [-0.05, 0) is 161 Å². The molecule has 12 heteroatoms. The molecule has 0 aliphatic heterocycles. The summed E-state index contributed by atoms with van der Waals surface area (Å²) in [4.78, 5) is 0. The average Bonchev–Trinajstić information content (AvgIpc) is 2.35. The average molecular weight is 1260 g/mol. The molecule has 0 spiro atoms. The van der Waals surface area contributed by atoms with Gasteiger partial charge in [0.05, 0.1) is 30.1 Å². The number of hydrogen-bond donors (Lipinski definition) is 6. The van der Waals surface area contributed by atoms with Crippen LogP contribution in [0.4, 0.5) is 0 Å². The van der Waals surface area contributed by atoms with E-state index >= 15 is 0 Å². The van der Waals surface area contributed by atoms with Gasteiger partial charge in [-0.15, -0.1) is 0 Å². The van der Waals surface area contributed by atoms with Crippen LogP contribution in [-0.2, 0) is 16.2 Å². The maximum absolute atomic E-state index is 10.1. The summed E-state index contributed by atoms with van der Waals surface area (Å²) >= 11 is 38.1. The van der Waals surface area contributed by atoms with Crippen molar-refractivity contribution >= 4 is 69.6 Å². The van der Waals surface area contributed by atoms with Crippen LogP contribution in [0.5, 0.6) is 17.2 Å². The Morgan fingerprint density at radius 2 is 0.488 bits per heavy atom. The van der Waals surface area contributed by atoms with Crippen LogP contribution in [-0.4, -0.2) is 49.0 Å². The summed E-state index contributed by atoms with van der Waals surface area (Å²) in [7, 11) is 0. The number of hydrogen-bond acceptors (Lipinski definition) is 6. The minimum absolute atomic E-state index is 0.0765. The largest absolute Gasteiger partial charge is 0.506 e. The summed E-state index contributed by atoms with van der Waals surface area (Å²) in [5.41, 5.74) is 6.70. The molecule has 0 amide bonds. The van der Waals surface area contributed by atoms with Gasteiger partial charge >= 0.3 is 0 Å². The quantitative estimate of drug-likeness (QED) is 0.0679. The molecule has 0 aliphatic rings. The molecular weight excluding hydrogens is 1170 g/mol. The van der Waals surface area contributed by atoms with Gasteiger partial charge in [0.25, 0.3) is 0 Å². The Kier molecular flexibility index (Phi) is 25.6. The lowest BCUT2D eigenvalue weighted by Crippen LogP contribution is -2.26. The van der Waals surface area contributed by atoms with E-state index in [0.717, 1.165) is 71.9 Å². The standard InChI is InChI=1S/3C24H28Cl2O2/c3*1-6-24(7-2,18-11-12-21(27)20(26)15-18)17-10-8-16(19(25)14-17)9-13-22(28)23(3,4)5/h3*8,10-12,14-15,22,27-28H,6-7H2,1-5H3. The Balaban J connectivity index is 0.000000270. The fourth-order valence-corrected chi connectivity index (χ4v) is 11.2. The smallest absolute Gasteiger partial charge is 0.134 e. The summed E-state index contributed by atoms with van der Waals surface area (Å²) in [5.74, 6) is 17.9. The van der Waals surface area contributed by atoms with Crippen molar-refractivity contribution in [3.63, 3.8) is 0 Å². The molecule has 0 radical (unpaired) electrons.